The lowest BCUT2D eigenvalue weighted by atomic mass is 10.2. The zero-order chi connectivity index (χ0) is 20.6. The third kappa shape index (κ3) is 6.05. The van der Waals surface area contributed by atoms with E-state index in [1.54, 1.807) is 19.2 Å². The van der Waals surface area contributed by atoms with Gasteiger partial charge >= 0.3 is 6.03 Å². The normalized spacial score (nSPS) is 10.3. The maximum Gasteiger partial charge on any atom is 0.325 e. The number of urea groups is 1. The Kier molecular flexibility index (Phi) is 6.80. The Hall–Kier alpha value is -3.39. The van der Waals surface area contributed by atoms with E-state index in [4.69, 9.17) is 4.74 Å². The number of para-hydroxylation sites is 1. The summed E-state index contributed by atoms with van der Waals surface area (Å²) in [5.74, 6) is 0.492. The maximum absolute atomic E-state index is 12.3. The summed E-state index contributed by atoms with van der Waals surface area (Å²) in [6.07, 6.45) is 0.745. The van der Waals surface area contributed by atoms with E-state index in [0.29, 0.717) is 28.7 Å². The Bertz CT molecular complexity index is 989. The highest BCUT2D eigenvalue weighted by molar-refractivity contribution is 7.13. The van der Waals surface area contributed by atoms with Crippen molar-refractivity contribution in [2.45, 2.75) is 19.8 Å². The van der Waals surface area contributed by atoms with Crippen molar-refractivity contribution in [1.29, 1.82) is 0 Å². The lowest BCUT2D eigenvalue weighted by Crippen LogP contribution is -2.19. The van der Waals surface area contributed by atoms with Crippen molar-refractivity contribution in [2.24, 2.45) is 0 Å². The Balaban J connectivity index is 1.49. The van der Waals surface area contributed by atoms with E-state index < -0.39 is 0 Å². The van der Waals surface area contributed by atoms with Gasteiger partial charge in [-0.25, -0.2) is 9.78 Å². The monoisotopic (exact) mass is 410 g/mol. The molecule has 8 heteroatoms. The quantitative estimate of drug-likeness (QED) is 0.527. The minimum absolute atomic E-state index is 0.127. The van der Waals surface area contributed by atoms with E-state index in [2.05, 4.69) is 20.9 Å². The Morgan fingerprint density at radius 2 is 1.86 bits per heavy atom. The van der Waals surface area contributed by atoms with E-state index in [9.17, 15) is 9.59 Å². The molecule has 150 valence electrons. The first kappa shape index (κ1) is 20.3. The molecular formula is C21H22N4O3S. The largest absolute Gasteiger partial charge is 0.495 e. The summed E-state index contributed by atoms with van der Waals surface area (Å²) in [6, 6.07) is 14.4. The van der Waals surface area contributed by atoms with Gasteiger partial charge in [-0.3, -0.25) is 10.1 Å². The number of hydrogen-bond acceptors (Lipinski definition) is 5. The molecule has 0 aliphatic rings. The summed E-state index contributed by atoms with van der Waals surface area (Å²) >= 11 is 1.32. The molecule has 3 aromatic rings. The number of carbonyl (C=O) groups excluding carboxylic acids is 2. The zero-order valence-electron chi connectivity index (χ0n) is 16.2. The molecule has 1 heterocycles. The van der Waals surface area contributed by atoms with Gasteiger partial charge in [0.25, 0.3) is 0 Å². The molecule has 3 amide bonds. The number of nitrogens with zero attached hydrogens (tertiary/aromatic N) is 1. The molecular weight excluding hydrogens is 388 g/mol. The van der Waals surface area contributed by atoms with E-state index >= 15 is 0 Å². The predicted octanol–water partition coefficient (Wildman–Crippen LogP) is 4.68. The highest BCUT2D eigenvalue weighted by atomic mass is 32.1. The molecule has 0 atom stereocenters. The zero-order valence-corrected chi connectivity index (χ0v) is 17.0. The minimum Gasteiger partial charge on any atom is -0.495 e. The fraction of sp³-hybridized carbons (Fsp3) is 0.190. The van der Waals surface area contributed by atoms with Crippen LogP contribution in [-0.4, -0.2) is 24.0 Å². The summed E-state index contributed by atoms with van der Waals surface area (Å²) in [7, 11) is 1.57. The number of aromatic nitrogens is 1. The summed E-state index contributed by atoms with van der Waals surface area (Å²) in [5.41, 5.74) is 3.13. The number of thiazole rings is 1. The van der Waals surface area contributed by atoms with Crippen molar-refractivity contribution >= 4 is 39.8 Å². The van der Waals surface area contributed by atoms with Gasteiger partial charge in [-0.05, 0) is 43.2 Å². The molecule has 0 saturated carbocycles. The average Bonchev–Trinajstić information content (AvgIpc) is 3.14. The molecule has 29 heavy (non-hydrogen) atoms. The van der Waals surface area contributed by atoms with E-state index in [1.165, 1.54) is 11.3 Å². The molecule has 0 spiro atoms. The van der Waals surface area contributed by atoms with Gasteiger partial charge in [-0.1, -0.05) is 24.3 Å². The number of carbonyl (C=O) groups is 2. The molecule has 0 bridgehead atoms. The molecule has 1 aromatic heterocycles. The minimum atomic E-state index is -0.360. The van der Waals surface area contributed by atoms with Gasteiger partial charge in [-0.2, -0.15) is 0 Å². The molecule has 3 N–H and O–H groups in total. The van der Waals surface area contributed by atoms with Crippen LogP contribution in [0.1, 0.15) is 17.7 Å². The van der Waals surface area contributed by atoms with Crippen LogP contribution in [0.25, 0.3) is 0 Å². The van der Waals surface area contributed by atoms with Crippen LogP contribution in [0, 0.1) is 6.92 Å². The first-order valence-electron chi connectivity index (χ1n) is 9.05. The number of anilines is 3. The van der Waals surface area contributed by atoms with Crippen molar-refractivity contribution < 1.29 is 14.3 Å². The first-order chi connectivity index (χ1) is 14.0. The van der Waals surface area contributed by atoms with Crippen LogP contribution in [0.2, 0.25) is 0 Å². The molecule has 0 aliphatic carbocycles. The fourth-order valence-corrected chi connectivity index (χ4v) is 3.37. The van der Waals surface area contributed by atoms with Gasteiger partial charge in [0.2, 0.25) is 5.91 Å². The molecule has 2 aromatic carbocycles. The molecule has 0 unspecified atom stereocenters. The van der Waals surface area contributed by atoms with E-state index in [-0.39, 0.29) is 18.4 Å². The lowest BCUT2D eigenvalue weighted by Gasteiger charge is -2.10. The van der Waals surface area contributed by atoms with Crippen molar-refractivity contribution in [3.05, 3.63) is 65.2 Å². The van der Waals surface area contributed by atoms with Gasteiger partial charge in [0, 0.05) is 17.5 Å². The molecule has 0 saturated heterocycles. The number of hydrogen-bond donors (Lipinski definition) is 3. The molecule has 3 rings (SSSR count). The van der Waals surface area contributed by atoms with Crippen molar-refractivity contribution in [3.63, 3.8) is 0 Å². The highest BCUT2D eigenvalue weighted by Crippen LogP contribution is 2.25. The van der Waals surface area contributed by atoms with Gasteiger partial charge in [0.1, 0.15) is 5.75 Å². The lowest BCUT2D eigenvalue weighted by molar-refractivity contribution is -0.116. The van der Waals surface area contributed by atoms with Gasteiger partial charge in [-0.15, -0.1) is 11.3 Å². The van der Waals surface area contributed by atoms with Crippen LogP contribution >= 0.6 is 11.3 Å². The number of nitrogens with one attached hydrogen (secondary N) is 3. The summed E-state index contributed by atoms with van der Waals surface area (Å²) in [4.78, 5) is 28.7. The van der Waals surface area contributed by atoms with Gasteiger partial charge in [0.05, 0.1) is 18.5 Å². The molecule has 0 radical (unpaired) electrons. The second kappa shape index (κ2) is 9.70. The van der Waals surface area contributed by atoms with E-state index in [1.807, 2.05) is 48.7 Å². The fourth-order valence-electron chi connectivity index (χ4n) is 2.63. The SMILES string of the molecule is COc1ccc(C)cc1NC(=O)CCc1csc(NC(=O)Nc2ccccc2)n1. The predicted molar refractivity (Wildman–Crippen MR) is 116 cm³/mol. The van der Waals surface area contributed by atoms with Gasteiger partial charge in [0.15, 0.2) is 5.13 Å². The topological polar surface area (TPSA) is 92.4 Å². The molecule has 7 nitrogen and oxygen atoms in total. The van der Waals surface area contributed by atoms with E-state index in [0.717, 1.165) is 11.3 Å². The first-order valence-corrected chi connectivity index (χ1v) is 9.93. The number of ether oxygens (including phenoxy) is 1. The van der Waals surface area contributed by atoms with Crippen LogP contribution in [0.5, 0.6) is 5.75 Å². The Morgan fingerprint density at radius 1 is 1.07 bits per heavy atom. The van der Waals surface area contributed by atoms with Crippen LogP contribution < -0.4 is 20.7 Å². The van der Waals surface area contributed by atoms with Gasteiger partial charge < -0.3 is 15.4 Å². The summed E-state index contributed by atoms with van der Waals surface area (Å²) in [5, 5.41) is 10.6. The number of amides is 3. The summed E-state index contributed by atoms with van der Waals surface area (Å²) in [6.45, 7) is 1.95. The number of methoxy groups -OCH3 is 1. The maximum atomic E-state index is 12.3. The number of rotatable bonds is 7. The number of benzene rings is 2. The smallest absolute Gasteiger partial charge is 0.325 e. The Labute approximate surface area is 173 Å². The number of aryl methyl sites for hydroxylation is 2. The standard InChI is InChI=1S/C21H22N4O3S/c1-14-8-10-18(28-2)17(12-14)24-19(26)11-9-16-13-29-21(23-16)25-20(27)22-15-6-4-3-5-7-15/h3-8,10,12-13H,9,11H2,1-2H3,(H,24,26)(H2,22,23,25,27). The average molecular weight is 410 g/mol. The van der Waals surface area contributed by atoms with Crippen LogP contribution in [-0.2, 0) is 11.2 Å². The molecule has 0 aliphatic heterocycles. The van der Waals surface area contributed by atoms with Crippen LogP contribution in [0.3, 0.4) is 0 Å². The molecule has 0 fully saturated rings. The Morgan fingerprint density at radius 3 is 2.62 bits per heavy atom. The van der Waals surface area contributed by atoms with Crippen molar-refractivity contribution in [2.75, 3.05) is 23.1 Å². The second-order valence-electron chi connectivity index (χ2n) is 6.34. The van der Waals surface area contributed by atoms with Crippen molar-refractivity contribution in [1.82, 2.24) is 4.98 Å². The summed E-state index contributed by atoms with van der Waals surface area (Å²) < 4.78 is 5.28. The van der Waals surface area contributed by atoms with Crippen molar-refractivity contribution in [3.8, 4) is 5.75 Å². The van der Waals surface area contributed by atoms with Crippen LogP contribution in [0.4, 0.5) is 21.3 Å². The third-order valence-corrected chi connectivity index (χ3v) is 4.85. The second-order valence-corrected chi connectivity index (χ2v) is 7.20. The highest BCUT2D eigenvalue weighted by Gasteiger charge is 2.11. The third-order valence-electron chi connectivity index (χ3n) is 4.04. The van der Waals surface area contributed by atoms with Crippen LogP contribution in [0.15, 0.2) is 53.9 Å².